The molecule has 1 aromatic rings. The highest BCUT2D eigenvalue weighted by Gasteiger charge is 2.37. The number of aromatic nitrogens is 2. The third-order valence-corrected chi connectivity index (χ3v) is 4.24. The predicted octanol–water partition coefficient (Wildman–Crippen LogP) is 3.31. The molecule has 0 radical (unpaired) electrons. The Labute approximate surface area is 115 Å². The monoisotopic (exact) mass is 260 g/mol. The zero-order valence-corrected chi connectivity index (χ0v) is 12.2. The maximum Gasteiger partial charge on any atom is 0.136 e. The molecule has 0 aromatic carbocycles. The van der Waals surface area contributed by atoms with Crippen LogP contribution in [0.15, 0.2) is 0 Å². The van der Waals surface area contributed by atoms with Crippen molar-refractivity contribution in [2.24, 2.45) is 5.41 Å². The van der Waals surface area contributed by atoms with Gasteiger partial charge in [-0.15, -0.1) is 0 Å². The summed E-state index contributed by atoms with van der Waals surface area (Å²) in [6, 6.07) is 0. The lowest BCUT2D eigenvalue weighted by molar-refractivity contribution is 0.608. The molecule has 0 unspecified atom stereocenters. The highest BCUT2D eigenvalue weighted by Crippen LogP contribution is 2.45. The minimum Gasteiger partial charge on any atom is -0.370 e. The van der Waals surface area contributed by atoms with Crippen LogP contribution in [0.1, 0.15) is 56.8 Å². The Bertz CT molecular complexity index is 475. The normalized spacial score (nSPS) is 20.2. The van der Waals surface area contributed by atoms with Crippen LogP contribution in [-0.2, 0) is 0 Å². The first kappa shape index (κ1) is 12.7. The Morgan fingerprint density at radius 3 is 2.32 bits per heavy atom. The van der Waals surface area contributed by atoms with Crippen LogP contribution < -0.4 is 10.6 Å². The Kier molecular flexibility index (Phi) is 3.11. The van der Waals surface area contributed by atoms with Crippen LogP contribution in [0.5, 0.6) is 0 Å². The Balaban J connectivity index is 1.82. The van der Waals surface area contributed by atoms with E-state index in [4.69, 9.17) is 4.98 Å². The lowest BCUT2D eigenvalue weighted by atomic mass is 10.1. The summed E-state index contributed by atoms with van der Waals surface area (Å²) in [5.74, 6) is 3.64. The highest BCUT2D eigenvalue weighted by molar-refractivity contribution is 5.57. The maximum atomic E-state index is 4.75. The Hall–Kier alpha value is -1.32. The van der Waals surface area contributed by atoms with E-state index in [-0.39, 0.29) is 0 Å². The van der Waals surface area contributed by atoms with Gasteiger partial charge < -0.3 is 10.6 Å². The van der Waals surface area contributed by atoms with Gasteiger partial charge in [-0.05, 0) is 44.9 Å². The number of nitrogens with one attached hydrogen (secondary N) is 2. The van der Waals surface area contributed by atoms with Gasteiger partial charge in [-0.2, -0.15) is 0 Å². The molecule has 2 fully saturated rings. The number of nitrogens with zero attached hydrogens (tertiary/aromatic N) is 2. The molecule has 2 aliphatic rings. The summed E-state index contributed by atoms with van der Waals surface area (Å²) in [7, 11) is 0. The molecule has 1 aromatic heterocycles. The van der Waals surface area contributed by atoms with Crippen molar-refractivity contribution in [3.63, 3.8) is 0 Å². The fourth-order valence-electron chi connectivity index (χ4n) is 2.26. The largest absolute Gasteiger partial charge is 0.370 e. The molecular formula is C15H24N4. The number of hydrogen-bond acceptors (Lipinski definition) is 4. The van der Waals surface area contributed by atoms with E-state index in [0.29, 0.717) is 11.3 Å². The van der Waals surface area contributed by atoms with Crippen molar-refractivity contribution in [1.82, 2.24) is 9.97 Å². The van der Waals surface area contributed by atoms with E-state index < -0.39 is 0 Å². The molecule has 4 heteroatoms. The molecular weight excluding hydrogens is 236 g/mol. The van der Waals surface area contributed by atoms with Gasteiger partial charge in [-0.3, -0.25) is 0 Å². The van der Waals surface area contributed by atoms with Gasteiger partial charge in [0.1, 0.15) is 17.5 Å². The first-order chi connectivity index (χ1) is 9.11. The number of anilines is 2. The number of rotatable bonds is 6. The molecule has 2 aliphatic carbocycles. The van der Waals surface area contributed by atoms with Crippen molar-refractivity contribution in [3.05, 3.63) is 11.4 Å². The molecule has 2 saturated carbocycles. The molecule has 0 spiro atoms. The zero-order valence-electron chi connectivity index (χ0n) is 12.2. The van der Waals surface area contributed by atoms with Gasteiger partial charge in [0, 0.05) is 24.6 Å². The van der Waals surface area contributed by atoms with Crippen molar-refractivity contribution in [2.75, 3.05) is 23.7 Å². The average molecular weight is 260 g/mol. The summed E-state index contributed by atoms with van der Waals surface area (Å²) in [4.78, 5) is 9.43. The maximum absolute atomic E-state index is 4.75. The van der Waals surface area contributed by atoms with Gasteiger partial charge in [0.15, 0.2) is 0 Å². The molecule has 0 atom stereocenters. The van der Waals surface area contributed by atoms with Crippen LogP contribution in [0, 0.1) is 12.3 Å². The predicted molar refractivity (Wildman–Crippen MR) is 78.7 cm³/mol. The summed E-state index contributed by atoms with van der Waals surface area (Å²) >= 11 is 0. The van der Waals surface area contributed by atoms with Crippen LogP contribution in [0.2, 0.25) is 0 Å². The molecule has 0 amide bonds. The lowest BCUT2D eigenvalue weighted by Gasteiger charge is -2.16. The van der Waals surface area contributed by atoms with Crippen molar-refractivity contribution in [3.8, 4) is 0 Å². The fraction of sp³-hybridized carbons (Fsp3) is 0.733. The fourth-order valence-corrected chi connectivity index (χ4v) is 2.26. The van der Waals surface area contributed by atoms with E-state index in [2.05, 4.69) is 36.4 Å². The molecule has 3 rings (SSSR count). The van der Waals surface area contributed by atoms with Gasteiger partial charge in [-0.1, -0.05) is 6.92 Å². The minimum atomic E-state index is 0.496. The molecule has 1 heterocycles. The zero-order chi connectivity index (χ0) is 13.5. The van der Waals surface area contributed by atoms with Gasteiger partial charge in [0.2, 0.25) is 0 Å². The first-order valence-corrected chi connectivity index (χ1v) is 7.47. The van der Waals surface area contributed by atoms with Crippen LogP contribution in [0.4, 0.5) is 11.6 Å². The van der Waals surface area contributed by atoms with Gasteiger partial charge in [0.25, 0.3) is 0 Å². The third-order valence-electron chi connectivity index (χ3n) is 4.24. The summed E-state index contributed by atoms with van der Waals surface area (Å²) < 4.78 is 0. The Morgan fingerprint density at radius 2 is 1.79 bits per heavy atom. The summed E-state index contributed by atoms with van der Waals surface area (Å²) in [5, 5.41) is 6.91. The van der Waals surface area contributed by atoms with E-state index in [1.807, 2.05) is 0 Å². The summed E-state index contributed by atoms with van der Waals surface area (Å²) in [6.45, 7) is 8.48. The lowest BCUT2D eigenvalue weighted by Crippen LogP contribution is -2.16. The third kappa shape index (κ3) is 2.82. The van der Waals surface area contributed by atoms with Crippen LogP contribution in [-0.4, -0.2) is 23.1 Å². The van der Waals surface area contributed by atoms with Gasteiger partial charge >= 0.3 is 0 Å². The number of hydrogen-bond donors (Lipinski definition) is 2. The quantitative estimate of drug-likeness (QED) is 0.824. The average Bonchev–Trinajstić information content (AvgIpc) is 3.27. The van der Waals surface area contributed by atoms with E-state index >= 15 is 0 Å². The van der Waals surface area contributed by atoms with Gasteiger partial charge in [-0.25, -0.2) is 9.97 Å². The molecule has 104 valence electrons. The SMILES string of the molecule is CCNc1nc(C2CC2)nc(NCC2(C)CC2)c1C. The second kappa shape index (κ2) is 4.66. The summed E-state index contributed by atoms with van der Waals surface area (Å²) in [6.07, 6.45) is 5.15. The van der Waals surface area contributed by atoms with Crippen molar-refractivity contribution in [1.29, 1.82) is 0 Å². The van der Waals surface area contributed by atoms with Crippen LogP contribution in [0.25, 0.3) is 0 Å². The topological polar surface area (TPSA) is 49.8 Å². The molecule has 0 aliphatic heterocycles. The van der Waals surface area contributed by atoms with Crippen molar-refractivity contribution in [2.45, 2.75) is 52.4 Å². The van der Waals surface area contributed by atoms with E-state index in [1.165, 1.54) is 25.7 Å². The Morgan fingerprint density at radius 1 is 1.16 bits per heavy atom. The highest BCUT2D eigenvalue weighted by atomic mass is 15.1. The molecule has 19 heavy (non-hydrogen) atoms. The summed E-state index contributed by atoms with van der Waals surface area (Å²) in [5.41, 5.74) is 1.64. The molecule has 0 bridgehead atoms. The second-order valence-corrected chi connectivity index (χ2v) is 6.37. The minimum absolute atomic E-state index is 0.496. The van der Waals surface area contributed by atoms with E-state index in [9.17, 15) is 0 Å². The van der Waals surface area contributed by atoms with Crippen LogP contribution in [0.3, 0.4) is 0 Å². The van der Waals surface area contributed by atoms with Crippen molar-refractivity contribution < 1.29 is 0 Å². The van der Waals surface area contributed by atoms with Gasteiger partial charge in [0.05, 0.1) is 0 Å². The van der Waals surface area contributed by atoms with Crippen molar-refractivity contribution >= 4 is 11.6 Å². The molecule has 2 N–H and O–H groups in total. The second-order valence-electron chi connectivity index (χ2n) is 6.37. The van der Waals surface area contributed by atoms with E-state index in [0.717, 1.165) is 36.1 Å². The molecule has 0 saturated heterocycles. The van der Waals surface area contributed by atoms with E-state index in [1.54, 1.807) is 0 Å². The smallest absolute Gasteiger partial charge is 0.136 e. The standard InChI is InChI=1S/C15H24N4/c1-4-16-12-10(2)13(17-9-15(3)7-8-15)19-14(18-12)11-5-6-11/h11H,4-9H2,1-3H3,(H2,16,17,18,19). The van der Waals surface area contributed by atoms with Crippen LogP contribution >= 0.6 is 0 Å². The first-order valence-electron chi connectivity index (χ1n) is 7.47. The molecule has 4 nitrogen and oxygen atoms in total.